The van der Waals surface area contributed by atoms with Gasteiger partial charge in [-0.1, -0.05) is 0 Å². The minimum absolute atomic E-state index is 0.0993. The topological polar surface area (TPSA) is 174 Å². The number of aromatic hydroxyl groups is 1. The maximum Gasteiger partial charge on any atom is 0.255 e. The molecule has 1 amide bonds. The Labute approximate surface area is 214 Å². The van der Waals surface area contributed by atoms with Crippen LogP contribution in [0.25, 0.3) is 0 Å². The van der Waals surface area contributed by atoms with Crippen molar-refractivity contribution in [2.45, 2.75) is 37.5 Å². The second-order valence-electron chi connectivity index (χ2n) is 10.8. The molecule has 11 heteroatoms. The number of morpholine rings is 1. The van der Waals surface area contributed by atoms with Crippen molar-refractivity contribution < 1.29 is 39.5 Å². The molecule has 1 heterocycles. The molecule has 4 aliphatic rings. The highest BCUT2D eigenvalue weighted by atomic mass is 16.5. The average molecular weight is 516 g/mol. The fourth-order valence-corrected chi connectivity index (χ4v) is 6.69. The molecule has 1 aromatic carbocycles. The van der Waals surface area contributed by atoms with E-state index in [-0.39, 0.29) is 24.2 Å². The Kier molecular flexibility index (Phi) is 6.30. The molecule has 2 unspecified atom stereocenters. The predicted molar refractivity (Wildman–Crippen MR) is 131 cm³/mol. The third-order valence-corrected chi connectivity index (χ3v) is 8.54. The fourth-order valence-electron chi connectivity index (χ4n) is 6.69. The molecule has 1 aromatic rings. The number of nitrogens with two attached hydrogens (primary N) is 1. The maximum absolute atomic E-state index is 14.0. The van der Waals surface area contributed by atoms with Gasteiger partial charge >= 0.3 is 0 Å². The molecular weight excluding hydrogens is 482 g/mol. The first-order valence-electron chi connectivity index (χ1n) is 12.5. The fraction of sp³-hybridized carbons (Fsp3) is 0.577. The molecule has 6 N–H and O–H groups in total. The van der Waals surface area contributed by atoms with Gasteiger partial charge in [0, 0.05) is 57.3 Å². The number of carbonyl (C=O) groups is 3. The highest BCUT2D eigenvalue weighted by molar-refractivity contribution is 6.20. The van der Waals surface area contributed by atoms with Gasteiger partial charge in [0.1, 0.15) is 23.2 Å². The lowest BCUT2D eigenvalue weighted by atomic mass is 9.55. The average Bonchev–Trinajstić information content (AvgIpc) is 2.83. The van der Waals surface area contributed by atoms with Crippen molar-refractivity contribution in [3.8, 4) is 5.75 Å². The summed E-state index contributed by atoms with van der Waals surface area (Å²) >= 11 is 0. The van der Waals surface area contributed by atoms with Gasteiger partial charge in [0.05, 0.1) is 24.7 Å². The number of rotatable bonds is 4. The first-order chi connectivity index (χ1) is 17.5. The highest BCUT2D eigenvalue weighted by Gasteiger charge is 2.62. The van der Waals surface area contributed by atoms with Gasteiger partial charge in [-0.2, -0.15) is 0 Å². The van der Waals surface area contributed by atoms with Crippen LogP contribution in [0.15, 0.2) is 17.4 Å². The van der Waals surface area contributed by atoms with Gasteiger partial charge < -0.3 is 35.8 Å². The SMILES string of the molecule is CN(C)c1cc(CN2CCOCC2)c(O)c2c1C[C@H]1C[C@H]3CC(=O)C(C(N)=O)=C(O)[C@@]3(O)C(O)C1C2=O. The number of aliphatic hydroxyl groups excluding tert-OH is 2. The van der Waals surface area contributed by atoms with Crippen molar-refractivity contribution in [2.24, 2.45) is 23.5 Å². The number of hydrogen-bond donors (Lipinski definition) is 5. The summed E-state index contributed by atoms with van der Waals surface area (Å²) in [6.45, 7) is 2.94. The number of ether oxygens (including phenoxy) is 1. The number of nitrogens with zero attached hydrogens (tertiary/aromatic N) is 2. The summed E-state index contributed by atoms with van der Waals surface area (Å²) in [5, 5.41) is 44.9. The van der Waals surface area contributed by atoms with E-state index < -0.39 is 58.3 Å². The second kappa shape index (κ2) is 9.09. The molecule has 1 saturated heterocycles. The molecule has 2 fully saturated rings. The largest absolute Gasteiger partial charge is 0.508 e. The van der Waals surface area contributed by atoms with Crippen LogP contribution in [-0.2, 0) is 27.3 Å². The Bertz CT molecular complexity index is 1200. The van der Waals surface area contributed by atoms with Crippen LogP contribution >= 0.6 is 0 Å². The lowest BCUT2D eigenvalue weighted by Crippen LogP contribution is -2.64. The van der Waals surface area contributed by atoms with E-state index in [1.807, 2.05) is 25.1 Å². The van der Waals surface area contributed by atoms with Crippen molar-refractivity contribution in [3.05, 3.63) is 34.1 Å². The monoisotopic (exact) mass is 515 g/mol. The molecule has 0 aromatic heterocycles. The second-order valence-corrected chi connectivity index (χ2v) is 10.8. The number of aliphatic hydroxyl groups is 3. The molecule has 3 aliphatic carbocycles. The van der Waals surface area contributed by atoms with Gasteiger partial charge in [-0.25, -0.2) is 0 Å². The van der Waals surface area contributed by atoms with Crippen molar-refractivity contribution in [1.29, 1.82) is 0 Å². The van der Waals surface area contributed by atoms with Crippen LogP contribution < -0.4 is 10.6 Å². The molecular formula is C26H33N3O8. The number of phenols is 1. The molecule has 5 rings (SSSR count). The minimum atomic E-state index is -2.38. The first-order valence-corrected chi connectivity index (χ1v) is 12.5. The lowest BCUT2D eigenvalue weighted by Gasteiger charge is -2.52. The predicted octanol–water partition coefficient (Wildman–Crippen LogP) is -0.356. The summed E-state index contributed by atoms with van der Waals surface area (Å²) in [6.07, 6.45) is -1.60. The van der Waals surface area contributed by atoms with Gasteiger partial charge in [-0.3, -0.25) is 19.3 Å². The van der Waals surface area contributed by atoms with Crippen molar-refractivity contribution >= 4 is 23.2 Å². The normalized spacial score (nSPS) is 32.0. The molecule has 0 radical (unpaired) electrons. The minimum Gasteiger partial charge on any atom is -0.508 e. The summed E-state index contributed by atoms with van der Waals surface area (Å²) in [6, 6.07) is 1.88. The molecule has 200 valence electrons. The van der Waals surface area contributed by atoms with Crippen LogP contribution in [0, 0.1) is 17.8 Å². The van der Waals surface area contributed by atoms with Crippen molar-refractivity contribution in [1.82, 2.24) is 4.90 Å². The molecule has 1 saturated carbocycles. The van der Waals surface area contributed by atoms with Gasteiger partial charge in [0.15, 0.2) is 17.2 Å². The third-order valence-electron chi connectivity index (χ3n) is 8.54. The Morgan fingerprint density at radius 3 is 2.51 bits per heavy atom. The van der Waals surface area contributed by atoms with Crippen LogP contribution in [0.3, 0.4) is 0 Å². The number of amides is 1. The van der Waals surface area contributed by atoms with E-state index in [0.717, 1.165) is 5.69 Å². The maximum atomic E-state index is 14.0. The Morgan fingerprint density at radius 1 is 1.22 bits per heavy atom. The Morgan fingerprint density at radius 2 is 1.89 bits per heavy atom. The van der Waals surface area contributed by atoms with E-state index in [0.29, 0.717) is 50.4 Å². The Balaban J connectivity index is 1.59. The first kappa shape index (κ1) is 25.7. The summed E-state index contributed by atoms with van der Waals surface area (Å²) in [5.41, 5.74) is 4.24. The zero-order chi connectivity index (χ0) is 26.8. The number of Topliss-reactive ketones (excluding diaryl/α,β-unsaturated/α-hetero) is 2. The number of phenolic OH excluding ortho intramolecular Hbond substituents is 1. The van der Waals surface area contributed by atoms with E-state index in [1.54, 1.807) is 0 Å². The molecule has 5 atom stereocenters. The Hall–Kier alpha value is -2.99. The number of benzene rings is 1. The van der Waals surface area contributed by atoms with Gasteiger partial charge in [0.2, 0.25) is 0 Å². The summed E-state index contributed by atoms with van der Waals surface area (Å²) < 4.78 is 5.41. The van der Waals surface area contributed by atoms with E-state index in [9.17, 15) is 34.8 Å². The van der Waals surface area contributed by atoms with E-state index in [1.165, 1.54) is 0 Å². The summed E-state index contributed by atoms with van der Waals surface area (Å²) in [7, 11) is 3.70. The number of ketones is 2. The van der Waals surface area contributed by atoms with Crippen LogP contribution in [0.5, 0.6) is 5.75 Å². The zero-order valence-electron chi connectivity index (χ0n) is 20.9. The molecule has 0 spiro atoms. The quantitative estimate of drug-likeness (QED) is 0.333. The number of fused-ring (bicyclic) bond motifs is 3. The third kappa shape index (κ3) is 3.83. The van der Waals surface area contributed by atoms with Crippen molar-refractivity contribution in [2.75, 3.05) is 45.3 Å². The number of primary amides is 1. The van der Waals surface area contributed by atoms with Crippen LogP contribution in [0.1, 0.15) is 34.3 Å². The zero-order valence-corrected chi connectivity index (χ0v) is 20.9. The summed E-state index contributed by atoms with van der Waals surface area (Å²) in [5.74, 6) is -6.08. The molecule has 11 nitrogen and oxygen atoms in total. The standard InChI is InChI=1S/C26H33N3O8/c1-28(2)16-9-13(11-29-3-5-37-6-4-29)21(31)19-15(16)8-12-7-14-10-17(30)20(25(27)35)24(34)26(14,36)23(33)18(12)22(19)32/h9,12,14,18,23,31,33-34,36H,3-8,10-11H2,1-2H3,(H2,27,35)/t12-,14+,18?,23?,26+/m1/s1. The number of hydrogen-bond acceptors (Lipinski definition) is 10. The van der Waals surface area contributed by atoms with Crippen molar-refractivity contribution in [3.63, 3.8) is 0 Å². The van der Waals surface area contributed by atoms with E-state index >= 15 is 0 Å². The van der Waals surface area contributed by atoms with E-state index in [4.69, 9.17) is 10.5 Å². The van der Waals surface area contributed by atoms with Gasteiger partial charge in [-0.15, -0.1) is 0 Å². The summed E-state index contributed by atoms with van der Waals surface area (Å²) in [4.78, 5) is 42.3. The molecule has 1 aliphatic heterocycles. The lowest BCUT2D eigenvalue weighted by molar-refractivity contribution is -0.170. The van der Waals surface area contributed by atoms with Crippen LogP contribution in [0.4, 0.5) is 5.69 Å². The smallest absolute Gasteiger partial charge is 0.255 e. The molecule has 0 bridgehead atoms. The number of carbonyl (C=O) groups excluding carboxylic acids is 3. The van der Waals surface area contributed by atoms with E-state index in [2.05, 4.69) is 4.90 Å². The van der Waals surface area contributed by atoms with Gasteiger partial charge in [0.25, 0.3) is 5.91 Å². The number of anilines is 1. The highest BCUT2D eigenvalue weighted by Crippen LogP contribution is 2.54. The van der Waals surface area contributed by atoms with Crippen LogP contribution in [-0.4, -0.2) is 94.9 Å². The van der Waals surface area contributed by atoms with Gasteiger partial charge in [-0.05, 0) is 30.4 Å². The molecule has 37 heavy (non-hydrogen) atoms. The van der Waals surface area contributed by atoms with Crippen LogP contribution in [0.2, 0.25) is 0 Å².